The van der Waals surface area contributed by atoms with Crippen LogP contribution < -0.4 is 0 Å². The van der Waals surface area contributed by atoms with E-state index in [4.69, 9.17) is 9.52 Å². The van der Waals surface area contributed by atoms with Gasteiger partial charge >= 0.3 is 0 Å². The summed E-state index contributed by atoms with van der Waals surface area (Å²) in [6.45, 7) is 4.11. The van der Waals surface area contributed by atoms with E-state index >= 15 is 0 Å². The van der Waals surface area contributed by atoms with Gasteiger partial charge in [-0.05, 0) is 12.8 Å². The summed E-state index contributed by atoms with van der Waals surface area (Å²) in [6, 6.07) is 0. The normalized spacial score (nSPS) is 17.4. The van der Waals surface area contributed by atoms with Crippen molar-refractivity contribution in [1.29, 1.82) is 0 Å². The molecule has 1 saturated carbocycles. The third-order valence-corrected chi connectivity index (χ3v) is 2.88. The lowest BCUT2D eigenvalue weighted by Gasteiger charge is -2.24. The van der Waals surface area contributed by atoms with E-state index in [2.05, 4.69) is 18.8 Å². The number of oxazole rings is 1. The number of aliphatic hydroxyl groups excluding tert-OH is 1. The smallest absolute Gasteiger partial charge is 0.220 e. The Kier molecular flexibility index (Phi) is 2.59. The van der Waals surface area contributed by atoms with E-state index in [0.717, 1.165) is 11.5 Å². The van der Waals surface area contributed by atoms with Gasteiger partial charge in [-0.2, -0.15) is 0 Å². The van der Waals surface area contributed by atoms with E-state index < -0.39 is 0 Å². The summed E-state index contributed by atoms with van der Waals surface area (Å²) >= 11 is 0. The van der Waals surface area contributed by atoms with Crippen molar-refractivity contribution in [3.8, 4) is 0 Å². The van der Waals surface area contributed by atoms with Gasteiger partial charge in [-0.3, -0.25) is 0 Å². The maximum Gasteiger partial charge on any atom is 0.220 e. The fourth-order valence-electron chi connectivity index (χ4n) is 1.85. The summed E-state index contributed by atoms with van der Waals surface area (Å²) in [5.41, 5.74) is 1.09. The summed E-state index contributed by atoms with van der Waals surface area (Å²) in [4.78, 5) is 4.36. The lowest BCUT2D eigenvalue weighted by atomic mass is 9.81. The van der Waals surface area contributed by atoms with E-state index in [1.165, 1.54) is 19.3 Å². The molecule has 0 aromatic carbocycles. The van der Waals surface area contributed by atoms with Crippen molar-refractivity contribution in [3.05, 3.63) is 17.3 Å². The van der Waals surface area contributed by atoms with Crippen LogP contribution in [0.25, 0.3) is 0 Å². The molecule has 2 rings (SSSR count). The Labute approximate surface area is 84.2 Å². The van der Waals surface area contributed by atoms with Gasteiger partial charge in [-0.1, -0.05) is 20.3 Å². The summed E-state index contributed by atoms with van der Waals surface area (Å²) in [7, 11) is 0. The zero-order valence-corrected chi connectivity index (χ0v) is 8.79. The standard InChI is InChI=1S/C11H17NO2/c1-7(2)11-10(8-4-3-5-8)12-9(6-13)14-11/h7-8,13H,3-6H2,1-2H3. The molecule has 14 heavy (non-hydrogen) atoms. The first-order chi connectivity index (χ1) is 6.72. The Morgan fingerprint density at radius 2 is 2.21 bits per heavy atom. The minimum absolute atomic E-state index is 0.0908. The Morgan fingerprint density at radius 3 is 2.64 bits per heavy atom. The number of hydrogen-bond donors (Lipinski definition) is 1. The molecule has 0 amide bonds. The molecular formula is C11H17NO2. The first kappa shape index (κ1) is 9.71. The molecule has 0 unspecified atom stereocenters. The van der Waals surface area contributed by atoms with Crippen LogP contribution in [-0.2, 0) is 6.61 Å². The molecule has 1 aliphatic carbocycles. The molecule has 1 aromatic heterocycles. The van der Waals surface area contributed by atoms with Crippen LogP contribution in [0.3, 0.4) is 0 Å². The first-order valence-electron chi connectivity index (χ1n) is 5.32. The SMILES string of the molecule is CC(C)c1oc(CO)nc1C1CCC1. The van der Waals surface area contributed by atoms with Crippen molar-refractivity contribution in [1.82, 2.24) is 4.98 Å². The van der Waals surface area contributed by atoms with Crippen LogP contribution in [-0.4, -0.2) is 10.1 Å². The largest absolute Gasteiger partial charge is 0.443 e. The molecular weight excluding hydrogens is 178 g/mol. The zero-order valence-electron chi connectivity index (χ0n) is 8.79. The molecule has 0 atom stereocenters. The zero-order chi connectivity index (χ0) is 10.1. The lowest BCUT2D eigenvalue weighted by molar-refractivity contribution is 0.235. The van der Waals surface area contributed by atoms with Crippen molar-refractivity contribution >= 4 is 0 Å². The van der Waals surface area contributed by atoms with E-state index in [9.17, 15) is 0 Å². The second-order valence-corrected chi connectivity index (χ2v) is 4.30. The molecule has 0 bridgehead atoms. The van der Waals surface area contributed by atoms with Gasteiger partial charge in [-0.25, -0.2) is 4.98 Å². The van der Waals surface area contributed by atoms with E-state index in [1.54, 1.807) is 0 Å². The predicted octanol–water partition coefficient (Wildman–Crippen LogP) is 2.56. The van der Waals surface area contributed by atoms with E-state index in [-0.39, 0.29) is 6.61 Å². The van der Waals surface area contributed by atoms with Gasteiger partial charge in [0.25, 0.3) is 0 Å². The Bertz CT molecular complexity index is 313. The van der Waals surface area contributed by atoms with Crippen LogP contribution in [0.1, 0.15) is 62.3 Å². The molecule has 3 heteroatoms. The minimum atomic E-state index is -0.0908. The molecule has 1 aliphatic rings. The molecule has 0 spiro atoms. The number of aromatic nitrogens is 1. The molecule has 0 radical (unpaired) electrons. The molecule has 78 valence electrons. The van der Waals surface area contributed by atoms with Gasteiger partial charge < -0.3 is 9.52 Å². The highest BCUT2D eigenvalue weighted by atomic mass is 16.4. The average molecular weight is 195 g/mol. The van der Waals surface area contributed by atoms with Crippen molar-refractivity contribution < 1.29 is 9.52 Å². The van der Waals surface area contributed by atoms with Crippen LogP contribution in [0.5, 0.6) is 0 Å². The molecule has 1 heterocycles. The fourth-order valence-corrected chi connectivity index (χ4v) is 1.85. The summed E-state index contributed by atoms with van der Waals surface area (Å²) < 4.78 is 5.52. The van der Waals surface area contributed by atoms with Crippen molar-refractivity contribution in [2.45, 2.75) is 51.6 Å². The molecule has 1 aromatic rings. The number of aliphatic hydroxyl groups is 1. The third kappa shape index (κ3) is 1.57. The van der Waals surface area contributed by atoms with Crippen LogP contribution in [0.2, 0.25) is 0 Å². The maximum atomic E-state index is 8.97. The monoisotopic (exact) mass is 195 g/mol. The molecule has 0 aliphatic heterocycles. The van der Waals surface area contributed by atoms with Gasteiger partial charge in [0, 0.05) is 11.8 Å². The summed E-state index contributed by atoms with van der Waals surface area (Å²) in [5, 5.41) is 8.97. The second-order valence-electron chi connectivity index (χ2n) is 4.30. The second kappa shape index (κ2) is 3.73. The highest BCUT2D eigenvalue weighted by Gasteiger charge is 2.27. The van der Waals surface area contributed by atoms with Gasteiger partial charge in [0.05, 0.1) is 5.69 Å². The van der Waals surface area contributed by atoms with E-state index in [0.29, 0.717) is 17.7 Å². The van der Waals surface area contributed by atoms with Gasteiger partial charge in [0.2, 0.25) is 5.89 Å². The van der Waals surface area contributed by atoms with Crippen molar-refractivity contribution in [3.63, 3.8) is 0 Å². The van der Waals surface area contributed by atoms with Gasteiger partial charge in [-0.15, -0.1) is 0 Å². The van der Waals surface area contributed by atoms with Crippen LogP contribution >= 0.6 is 0 Å². The van der Waals surface area contributed by atoms with Crippen molar-refractivity contribution in [2.24, 2.45) is 0 Å². The molecule has 1 N–H and O–H groups in total. The highest BCUT2D eigenvalue weighted by molar-refractivity contribution is 5.20. The van der Waals surface area contributed by atoms with Crippen LogP contribution in [0, 0.1) is 0 Å². The summed E-state index contributed by atoms with van der Waals surface area (Å²) in [5.74, 6) is 2.38. The maximum absolute atomic E-state index is 8.97. The Balaban J connectivity index is 2.30. The number of rotatable bonds is 3. The lowest BCUT2D eigenvalue weighted by Crippen LogP contribution is -2.11. The predicted molar refractivity (Wildman–Crippen MR) is 53.1 cm³/mol. The first-order valence-corrected chi connectivity index (χ1v) is 5.32. The fraction of sp³-hybridized carbons (Fsp3) is 0.727. The minimum Gasteiger partial charge on any atom is -0.443 e. The van der Waals surface area contributed by atoms with Gasteiger partial charge in [0.15, 0.2) is 0 Å². The molecule has 0 saturated heterocycles. The van der Waals surface area contributed by atoms with Crippen LogP contribution in [0.4, 0.5) is 0 Å². The van der Waals surface area contributed by atoms with Crippen LogP contribution in [0.15, 0.2) is 4.42 Å². The number of hydrogen-bond acceptors (Lipinski definition) is 3. The number of nitrogens with zero attached hydrogens (tertiary/aromatic N) is 1. The highest BCUT2D eigenvalue weighted by Crippen LogP contribution is 2.39. The molecule has 3 nitrogen and oxygen atoms in total. The van der Waals surface area contributed by atoms with Crippen molar-refractivity contribution in [2.75, 3.05) is 0 Å². The quantitative estimate of drug-likeness (QED) is 0.806. The van der Waals surface area contributed by atoms with E-state index in [1.807, 2.05) is 0 Å². The Hall–Kier alpha value is -0.830. The van der Waals surface area contributed by atoms with Gasteiger partial charge in [0.1, 0.15) is 12.4 Å². The average Bonchev–Trinajstić information content (AvgIpc) is 2.45. The summed E-state index contributed by atoms with van der Waals surface area (Å²) in [6.07, 6.45) is 3.73. The third-order valence-electron chi connectivity index (χ3n) is 2.88. The molecule has 1 fully saturated rings. The topological polar surface area (TPSA) is 46.3 Å². The Morgan fingerprint density at radius 1 is 1.50 bits per heavy atom.